The van der Waals surface area contributed by atoms with Crippen LogP contribution in [0.2, 0.25) is 0 Å². The lowest BCUT2D eigenvalue weighted by Gasteiger charge is -2.06. The zero-order valence-corrected chi connectivity index (χ0v) is 7.55. The summed E-state index contributed by atoms with van der Waals surface area (Å²) in [6, 6.07) is 7.93. The third-order valence-corrected chi connectivity index (χ3v) is 2.10. The standard InChI is InChI=1S/C11H8F2O/c1-14-11-9(12)6-7-4-2-3-5-8(7)10(11)13/h2-6H,1H3. The number of methoxy groups -OCH3 is 1. The molecule has 14 heavy (non-hydrogen) atoms. The van der Waals surface area contributed by atoms with Crippen LogP contribution >= 0.6 is 0 Å². The van der Waals surface area contributed by atoms with E-state index in [4.69, 9.17) is 0 Å². The zero-order chi connectivity index (χ0) is 10.1. The molecule has 2 rings (SSSR count). The van der Waals surface area contributed by atoms with Crippen molar-refractivity contribution >= 4 is 10.8 Å². The molecular formula is C11H8F2O. The lowest BCUT2D eigenvalue weighted by Crippen LogP contribution is -1.93. The molecule has 2 aromatic carbocycles. The Bertz CT molecular complexity index is 480. The lowest BCUT2D eigenvalue weighted by molar-refractivity contribution is 0.362. The number of ether oxygens (including phenoxy) is 1. The number of halogens is 2. The van der Waals surface area contributed by atoms with Gasteiger partial charge in [0.05, 0.1) is 7.11 Å². The Hall–Kier alpha value is -1.64. The molecule has 0 unspecified atom stereocenters. The first-order valence-electron chi connectivity index (χ1n) is 4.15. The Morgan fingerprint density at radius 2 is 1.86 bits per heavy atom. The summed E-state index contributed by atoms with van der Waals surface area (Å²) < 4.78 is 31.4. The van der Waals surface area contributed by atoms with Gasteiger partial charge in [0, 0.05) is 5.39 Å². The third kappa shape index (κ3) is 1.21. The molecule has 0 amide bonds. The van der Waals surface area contributed by atoms with Crippen LogP contribution in [0.1, 0.15) is 0 Å². The number of rotatable bonds is 1. The molecule has 0 bridgehead atoms. The van der Waals surface area contributed by atoms with Crippen molar-refractivity contribution in [2.45, 2.75) is 0 Å². The summed E-state index contributed by atoms with van der Waals surface area (Å²) in [4.78, 5) is 0. The average molecular weight is 194 g/mol. The highest BCUT2D eigenvalue weighted by Gasteiger charge is 2.13. The molecular weight excluding hydrogens is 186 g/mol. The maximum Gasteiger partial charge on any atom is 0.191 e. The van der Waals surface area contributed by atoms with Gasteiger partial charge in [0.25, 0.3) is 0 Å². The van der Waals surface area contributed by atoms with Crippen molar-refractivity contribution in [1.82, 2.24) is 0 Å². The number of fused-ring (bicyclic) bond motifs is 1. The molecule has 0 aliphatic rings. The van der Waals surface area contributed by atoms with Crippen molar-refractivity contribution in [3.05, 3.63) is 42.0 Å². The molecule has 0 N–H and O–H groups in total. The Balaban J connectivity index is 2.86. The van der Waals surface area contributed by atoms with E-state index in [1.807, 2.05) is 0 Å². The van der Waals surface area contributed by atoms with Crippen LogP contribution in [-0.2, 0) is 0 Å². The molecule has 0 atom stereocenters. The Kier molecular flexibility index (Phi) is 2.08. The van der Waals surface area contributed by atoms with Gasteiger partial charge in [-0.1, -0.05) is 24.3 Å². The van der Waals surface area contributed by atoms with E-state index in [-0.39, 0.29) is 5.75 Å². The van der Waals surface area contributed by atoms with Crippen molar-refractivity contribution in [2.24, 2.45) is 0 Å². The van der Waals surface area contributed by atoms with E-state index in [0.717, 1.165) is 0 Å². The largest absolute Gasteiger partial charge is 0.491 e. The van der Waals surface area contributed by atoms with Crippen molar-refractivity contribution in [1.29, 1.82) is 0 Å². The van der Waals surface area contributed by atoms with Gasteiger partial charge >= 0.3 is 0 Å². The average Bonchev–Trinajstić information content (AvgIpc) is 2.18. The van der Waals surface area contributed by atoms with Gasteiger partial charge in [0.2, 0.25) is 0 Å². The van der Waals surface area contributed by atoms with Gasteiger partial charge in [0.1, 0.15) is 0 Å². The van der Waals surface area contributed by atoms with Crippen LogP contribution in [0, 0.1) is 11.6 Å². The van der Waals surface area contributed by atoms with Crippen molar-refractivity contribution < 1.29 is 13.5 Å². The molecule has 0 aromatic heterocycles. The van der Waals surface area contributed by atoms with Gasteiger partial charge in [-0.3, -0.25) is 0 Å². The monoisotopic (exact) mass is 194 g/mol. The second kappa shape index (κ2) is 3.25. The second-order valence-corrected chi connectivity index (χ2v) is 2.93. The van der Waals surface area contributed by atoms with E-state index in [1.165, 1.54) is 13.2 Å². The molecule has 0 radical (unpaired) electrons. The number of benzene rings is 2. The molecule has 0 heterocycles. The van der Waals surface area contributed by atoms with Crippen LogP contribution in [-0.4, -0.2) is 7.11 Å². The van der Waals surface area contributed by atoms with Crippen LogP contribution < -0.4 is 4.74 Å². The van der Waals surface area contributed by atoms with Crippen molar-refractivity contribution in [2.75, 3.05) is 7.11 Å². The zero-order valence-electron chi connectivity index (χ0n) is 7.55. The Morgan fingerprint density at radius 3 is 2.57 bits per heavy atom. The SMILES string of the molecule is COc1c(F)cc2ccccc2c1F. The van der Waals surface area contributed by atoms with E-state index in [1.54, 1.807) is 24.3 Å². The van der Waals surface area contributed by atoms with E-state index in [9.17, 15) is 8.78 Å². The summed E-state index contributed by atoms with van der Waals surface area (Å²) in [6.07, 6.45) is 0. The fourth-order valence-electron chi connectivity index (χ4n) is 1.44. The minimum atomic E-state index is -0.677. The Labute approximate surface area is 79.9 Å². The van der Waals surface area contributed by atoms with Gasteiger partial charge in [-0.25, -0.2) is 8.78 Å². The van der Waals surface area contributed by atoms with Gasteiger partial charge < -0.3 is 4.74 Å². The number of hydrogen-bond acceptors (Lipinski definition) is 1. The highest BCUT2D eigenvalue weighted by atomic mass is 19.1. The molecule has 0 aliphatic carbocycles. The van der Waals surface area contributed by atoms with Crippen LogP contribution in [0.3, 0.4) is 0 Å². The maximum absolute atomic E-state index is 13.6. The summed E-state index contributed by atoms with van der Waals surface area (Å²) >= 11 is 0. The second-order valence-electron chi connectivity index (χ2n) is 2.93. The first kappa shape index (κ1) is 8.94. The van der Waals surface area contributed by atoms with Gasteiger partial charge in [0.15, 0.2) is 17.4 Å². The topological polar surface area (TPSA) is 9.23 Å². The van der Waals surface area contributed by atoms with Gasteiger partial charge in [-0.15, -0.1) is 0 Å². The molecule has 0 saturated carbocycles. The van der Waals surface area contributed by atoms with Gasteiger partial charge in [-0.2, -0.15) is 0 Å². The highest BCUT2D eigenvalue weighted by molar-refractivity contribution is 5.84. The smallest absolute Gasteiger partial charge is 0.191 e. The third-order valence-electron chi connectivity index (χ3n) is 2.10. The van der Waals surface area contributed by atoms with Crippen molar-refractivity contribution in [3.63, 3.8) is 0 Å². The summed E-state index contributed by atoms with van der Waals surface area (Å²) in [5, 5.41) is 0.897. The Morgan fingerprint density at radius 1 is 1.14 bits per heavy atom. The van der Waals surface area contributed by atoms with Crippen LogP contribution in [0.4, 0.5) is 8.78 Å². The normalized spacial score (nSPS) is 10.5. The fraction of sp³-hybridized carbons (Fsp3) is 0.0909. The molecule has 0 aliphatic heterocycles. The predicted octanol–water partition coefficient (Wildman–Crippen LogP) is 3.13. The molecule has 0 spiro atoms. The number of hydrogen-bond donors (Lipinski definition) is 0. The molecule has 1 nitrogen and oxygen atoms in total. The minimum absolute atomic E-state index is 0.330. The summed E-state index contributed by atoms with van der Waals surface area (Å²) in [6.45, 7) is 0. The first-order chi connectivity index (χ1) is 6.74. The quantitative estimate of drug-likeness (QED) is 0.677. The van der Waals surface area contributed by atoms with Crippen LogP contribution in [0.25, 0.3) is 10.8 Å². The highest BCUT2D eigenvalue weighted by Crippen LogP contribution is 2.28. The van der Waals surface area contributed by atoms with E-state index in [0.29, 0.717) is 10.8 Å². The van der Waals surface area contributed by atoms with Crippen molar-refractivity contribution in [3.8, 4) is 5.75 Å². The van der Waals surface area contributed by atoms with E-state index >= 15 is 0 Å². The van der Waals surface area contributed by atoms with Crippen LogP contribution in [0.15, 0.2) is 30.3 Å². The van der Waals surface area contributed by atoms with Crippen LogP contribution in [0.5, 0.6) is 5.75 Å². The lowest BCUT2D eigenvalue weighted by atomic mass is 10.1. The van der Waals surface area contributed by atoms with Gasteiger partial charge in [-0.05, 0) is 11.5 Å². The minimum Gasteiger partial charge on any atom is -0.491 e. The summed E-state index contributed by atoms with van der Waals surface area (Å²) in [5.41, 5.74) is 0. The molecule has 0 saturated heterocycles. The first-order valence-corrected chi connectivity index (χ1v) is 4.15. The summed E-state index contributed by atoms with van der Waals surface area (Å²) in [5.74, 6) is -1.66. The van der Waals surface area contributed by atoms with E-state index < -0.39 is 11.6 Å². The maximum atomic E-state index is 13.6. The predicted molar refractivity (Wildman–Crippen MR) is 50.4 cm³/mol. The molecule has 72 valence electrons. The molecule has 2 aromatic rings. The fourth-order valence-corrected chi connectivity index (χ4v) is 1.44. The molecule has 3 heteroatoms. The summed E-state index contributed by atoms with van der Waals surface area (Å²) in [7, 11) is 1.25. The molecule has 0 fully saturated rings. The van der Waals surface area contributed by atoms with E-state index in [2.05, 4.69) is 4.74 Å².